The van der Waals surface area contributed by atoms with Crippen molar-refractivity contribution in [2.45, 2.75) is 43.6 Å². The van der Waals surface area contributed by atoms with Crippen LogP contribution in [0.1, 0.15) is 33.1 Å². The van der Waals surface area contributed by atoms with Gasteiger partial charge in [-0.3, -0.25) is 0 Å². The van der Waals surface area contributed by atoms with Crippen LogP contribution in [0.5, 0.6) is 0 Å². The van der Waals surface area contributed by atoms with E-state index in [0.717, 1.165) is 10.5 Å². The molecule has 2 heteroatoms. The minimum atomic E-state index is 0.792. The Hall–Kier alpha value is 0.310. The van der Waals surface area contributed by atoms with Crippen LogP contribution in [0.15, 0.2) is 0 Å². The molecule has 1 unspecified atom stereocenters. The van der Waals surface area contributed by atoms with Gasteiger partial charge < -0.3 is 5.32 Å². The maximum absolute atomic E-state index is 3.48. The summed E-state index contributed by atoms with van der Waals surface area (Å²) < 4.78 is 0. The standard InChI is InChI=1S/C9H19NS/c1-8(2)11-9-5-3-4-6-10-7-9/h8-10H,3-7H2,1-2H3. The molecule has 1 saturated heterocycles. The van der Waals surface area contributed by atoms with Crippen LogP contribution in [0.4, 0.5) is 0 Å². The van der Waals surface area contributed by atoms with Crippen LogP contribution < -0.4 is 5.32 Å². The van der Waals surface area contributed by atoms with Crippen LogP contribution in [0.2, 0.25) is 0 Å². The van der Waals surface area contributed by atoms with E-state index in [1.165, 1.54) is 32.4 Å². The second-order valence-corrected chi connectivity index (χ2v) is 5.39. The first-order valence-electron chi connectivity index (χ1n) is 4.65. The largest absolute Gasteiger partial charge is 0.316 e. The van der Waals surface area contributed by atoms with Crippen LogP contribution in [-0.4, -0.2) is 23.6 Å². The normalized spacial score (nSPS) is 27.0. The average molecular weight is 173 g/mol. The van der Waals surface area contributed by atoms with E-state index in [1.807, 2.05) is 0 Å². The lowest BCUT2D eigenvalue weighted by molar-refractivity contribution is 0.706. The molecule has 1 aliphatic heterocycles. The fourth-order valence-electron chi connectivity index (χ4n) is 1.49. The number of rotatable bonds is 2. The Labute approximate surface area is 74.3 Å². The minimum absolute atomic E-state index is 0.792. The molecule has 1 fully saturated rings. The van der Waals surface area contributed by atoms with Gasteiger partial charge in [-0.05, 0) is 24.6 Å². The van der Waals surface area contributed by atoms with Crippen molar-refractivity contribution in [2.75, 3.05) is 13.1 Å². The maximum atomic E-state index is 3.48. The molecule has 0 aromatic rings. The van der Waals surface area contributed by atoms with Gasteiger partial charge in [-0.1, -0.05) is 20.3 Å². The summed E-state index contributed by atoms with van der Waals surface area (Å²) in [5.41, 5.74) is 0. The zero-order valence-electron chi connectivity index (χ0n) is 7.60. The van der Waals surface area contributed by atoms with Gasteiger partial charge >= 0.3 is 0 Å². The molecule has 1 heterocycles. The highest BCUT2D eigenvalue weighted by molar-refractivity contribution is 8.00. The van der Waals surface area contributed by atoms with Crippen molar-refractivity contribution in [3.05, 3.63) is 0 Å². The third kappa shape index (κ3) is 4.02. The van der Waals surface area contributed by atoms with Gasteiger partial charge in [0.2, 0.25) is 0 Å². The molecule has 66 valence electrons. The van der Waals surface area contributed by atoms with Gasteiger partial charge in [-0.25, -0.2) is 0 Å². The Balaban J connectivity index is 2.20. The Morgan fingerprint density at radius 1 is 1.36 bits per heavy atom. The highest BCUT2D eigenvalue weighted by atomic mass is 32.2. The van der Waals surface area contributed by atoms with Crippen LogP contribution in [-0.2, 0) is 0 Å². The first kappa shape index (κ1) is 9.40. The van der Waals surface area contributed by atoms with Crippen molar-refractivity contribution in [2.24, 2.45) is 0 Å². The zero-order valence-corrected chi connectivity index (χ0v) is 8.41. The lowest BCUT2D eigenvalue weighted by Crippen LogP contribution is -2.23. The smallest absolute Gasteiger partial charge is 0.0175 e. The van der Waals surface area contributed by atoms with Crippen LogP contribution in [0, 0.1) is 0 Å². The molecule has 0 aliphatic carbocycles. The molecule has 0 bridgehead atoms. The molecule has 1 nitrogen and oxygen atoms in total. The summed E-state index contributed by atoms with van der Waals surface area (Å²) in [5, 5.41) is 5.15. The van der Waals surface area contributed by atoms with E-state index in [9.17, 15) is 0 Å². The summed E-state index contributed by atoms with van der Waals surface area (Å²) in [5.74, 6) is 0. The Bertz CT molecular complexity index is 95.7. The summed E-state index contributed by atoms with van der Waals surface area (Å²) in [4.78, 5) is 0. The summed E-state index contributed by atoms with van der Waals surface area (Å²) in [6, 6.07) is 0. The SMILES string of the molecule is CC(C)SC1CCCCNC1. The van der Waals surface area contributed by atoms with Gasteiger partial charge in [0, 0.05) is 11.8 Å². The molecule has 0 aromatic carbocycles. The summed E-state index contributed by atoms with van der Waals surface area (Å²) in [6.07, 6.45) is 4.20. The summed E-state index contributed by atoms with van der Waals surface area (Å²) in [6.45, 7) is 7.03. The molecule has 11 heavy (non-hydrogen) atoms. The topological polar surface area (TPSA) is 12.0 Å². The van der Waals surface area contributed by atoms with E-state index >= 15 is 0 Å². The van der Waals surface area contributed by atoms with Gasteiger partial charge in [0.15, 0.2) is 0 Å². The fourth-order valence-corrected chi connectivity index (χ4v) is 2.77. The molecule has 1 N–H and O–H groups in total. The van der Waals surface area contributed by atoms with Crippen LogP contribution >= 0.6 is 11.8 Å². The second-order valence-electron chi connectivity index (χ2n) is 3.51. The van der Waals surface area contributed by atoms with Crippen molar-refractivity contribution in [1.82, 2.24) is 5.32 Å². The predicted octanol–water partition coefficient (Wildman–Crippen LogP) is 2.27. The summed E-state index contributed by atoms with van der Waals surface area (Å²) in [7, 11) is 0. The van der Waals surface area contributed by atoms with Gasteiger partial charge in [0.1, 0.15) is 0 Å². The van der Waals surface area contributed by atoms with Gasteiger partial charge in [0.25, 0.3) is 0 Å². The molecule has 0 amide bonds. The lowest BCUT2D eigenvalue weighted by atomic mass is 10.2. The zero-order chi connectivity index (χ0) is 8.10. The molecule has 0 aromatic heterocycles. The van der Waals surface area contributed by atoms with E-state index in [4.69, 9.17) is 0 Å². The molecule has 0 radical (unpaired) electrons. The molecule has 1 atom stereocenters. The quantitative estimate of drug-likeness (QED) is 0.687. The fraction of sp³-hybridized carbons (Fsp3) is 1.00. The molecule has 1 rings (SSSR count). The number of hydrogen-bond acceptors (Lipinski definition) is 2. The monoisotopic (exact) mass is 173 g/mol. The third-order valence-electron chi connectivity index (χ3n) is 1.97. The Kier molecular flexibility index (Phi) is 4.31. The predicted molar refractivity (Wildman–Crippen MR) is 53.2 cm³/mol. The molecule has 0 spiro atoms. The van der Waals surface area contributed by atoms with Crippen molar-refractivity contribution >= 4 is 11.8 Å². The number of hydrogen-bond donors (Lipinski definition) is 1. The van der Waals surface area contributed by atoms with Gasteiger partial charge in [-0.2, -0.15) is 11.8 Å². The minimum Gasteiger partial charge on any atom is -0.316 e. The Morgan fingerprint density at radius 2 is 2.18 bits per heavy atom. The first-order chi connectivity index (χ1) is 5.29. The number of nitrogens with one attached hydrogen (secondary N) is 1. The Morgan fingerprint density at radius 3 is 2.91 bits per heavy atom. The van der Waals surface area contributed by atoms with E-state index in [-0.39, 0.29) is 0 Å². The highest BCUT2D eigenvalue weighted by Crippen LogP contribution is 2.22. The van der Waals surface area contributed by atoms with E-state index in [2.05, 4.69) is 30.9 Å². The highest BCUT2D eigenvalue weighted by Gasteiger charge is 2.12. The lowest BCUT2D eigenvalue weighted by Gasteiger charge is -2.15. The molecular weight excluding hydrogens is 154 g/mol. The van der Waals surface area contributed by atoms with Crippen LogP contribution in [0.25, 0.3) is 0 Å². The summed E-state index contributed by atoms with van der Waals surface area (Å²) >= 11 is 2.13. The molecule has 1 aliphatic rings. The van der Waals surface area contributed by atoms with E-state index < -0.39 is 0 Å². The number of thioether (sulfide) groups is 1. The van der Waals surface area contributed by atoms with Gasteiger partial charge in [0.05, 0.1) is 0 Å². The van der Waals surface area contributed by atoms with Crippen molar-refractivity contribution in [3.63, 3.8) is 0 Å². The third-order valence-corrected chi connectivity index (χ3v) is 3.30. The molecule has 0 saturated carbocycles. The van der Waals surface area contributed by atoms with Crippen molar-refractivity contribution in [1.29, 1.82) is 0 Å². The molecular formula is C9H19NS. The van der Waals surface area contributed by atoms with E-state index in [0.29, 0.717) is 0 Å². The van der Waals surface area contributed by atoms with E-state index in [1.54, 1.807) is 0 Å². The second kappa shape index (κ2) is 5.04. The van der Waals surface area contributed by atoms with Crippen molar-refractivity contribution in [3.8, 4) is 0 Å². The maximum Gasteiger partial charge on any atom is 0.0175 e. The van der Waals surface area contributed by atoms with Crippen LogP contribution in [0.3, 0.4) is 0 Å². The average Bonchev–Trinajstić information content (AvgIpc) is 2.14. The first-order valence-corrected chi connectivity index (χ1v) is 5.59. The van der Waals surface area contributed by atoms with Gasteiger partial charge in [-0.15, -0.1) is 0 Å². The van der Waals surface area contributed by atoms with Crippen molar-refractivity contribution < 1.29 is 0 Å².